The molecule has 4 rings (SSSR count). The van der Waals surface area contributed by atoms with E-state index in [4.69, 9.17) is 16.3 Å². The summed E-state index contributed by atoms with van der Waals surface area (Å²) in [6, 6.07) is 24.6. The Hall–Kier alpha value is -3.31. The highest BCUT2D eigenvalue weighted by molar-refractivity contribution is 6.30. The summed E-state index contributed by atoms with van der Waals surface area (Å²) in [5.74, 6) is 0.603. The third-order valence-corrected chi connectivity index (χ3v) is 7.63. The Morgan fingerprint density at radius 1 is 0.897 bits per heavy atom. The first-order valence-electron chi connectivity index (χ1n) is 14.0. The fourth-order valence-electron chi connectivity index (χ4n) is 5.20. The molecule has 3 aromatic rings. The second-order valence-electron chi connectivity index (χ2n) is 10.7. The van der Waals surface area contributed by atoms with E-state index < -0.39 is 6.04 Å². The zero-order valence-corrected chi connectivity index (χ0v) is 23.7. The molecule has 1 N–H and O–H groups in total. The van der Waals surface area contributed by atoms with E-state index in [1.54, 1.807) is 4.90 Å². The van der Waals surface area contributed by atoms with Crippen molar-refractivity contribution in [3.05, 3.63) is 101 Å². The van der Waals surface area contributed by atoms with Gasteiger partial charge >= 0.3 is 0 Å². The van der Waals surface area contributed by atoms with Crippen LogP contribution in [0.3, 0.4) is 0 Å². The minimum atomic E-state index is -0.679. The van der Waals surface area contributed by atoms with E-state index >= 15 is 0 Å². The first kappa shape index (κ1) is 28.7. The zero-order valence-electron chi connectivity index (χ0n) is 22.9. The number of halogens is 1. The van der Waals surface area contributed by atoms with Crippen molar-refractivity contribution in [2.45, 2.75) is 76.9 Å². The number of hydrogen-bond donors (Lipinski definition) is 1. The quantitative estimate of drug-likeness (QED) is 0.283. The second kappa shape index (κ2) is 14.2. The number of rotatable bonds is 11. The third kappa shape index (κ3) is 8.34. The maximum Gasteiger partial charge on any atom is 0.261 e. The van der Waals surface area contributed by atoms with Crippen molar-refractivity contribution in [2.75, 3.05) is 6.61 Å². The lowest BCUT2D eigenvalue weighted by Gasteiger charge is -2.33. The van der Waals surface area contributed by atoms with Crippen LogP contribution < -0.4 is 10.1 Å². The summed E-state index contributed by atoms with van der Waals surface area (Å²) < 4.78 is 6.08. The van der Waals surface area contributed by atoms with Gasteiger partial charge in [-0.15, -0.1) is 0 Å². The summed E-state index contributed by atoms with van der Waals surface area (Å²) in [4.78, 5) is 29.4. The lowest BCUT2D eigenvalue weighted by Crippen LogP contribution is -2.53. The molecular formula is C33H39ClN2O3. The predicted molar refractivity (Wildman–Crippen MR) is 157 cm³/mol. The summed E-state index contributed by atoms with van der Waals surface area (Å²) in [7, 11) is 0. The van der Waals surface area contributed by atoms with Gasteiger partial charge in [0.25, 0.3) is 5.91 Å². The highest BCUT2D eigenvalue weighted by Crippen LogP contribution is 2.26. The Balaban J connectivity index is 1.62. The summed E-state index contributed by atoms with van der Waals surface area (Å²) >= 11 is 6.13. The Kier molecular flexibility index (Phi) is 10.4. The second-order valence-corrected chi connectivity index (χ2v) is 11.1. The van der Waals surface area contributed by atoms with Crippen LogP contribution in [0.4, 0.5) is 0 Å². The van der Waals surface area contributed by atoms with Gasteiger partial charge in [-0.1, -0.05) is 105 Å². The average molecular weight is 547 g/mol. The Labute approximate surface area is 237 Å². The molecule has 1 aliphatic rings. The number of nitrogens with zero attached hydrogens (tertiary/aromatic N) is 1. The third-order valence-electron chi connectivity index (χ3n) is 7.38. The van der Waals surface area contributed by atoms with Crippen LogP contribution in [0.5, 0.6) is 5.75 Å². The molecule has 0 bridgehead atoms. The van der Waals surface area contributed by atoms with Crippen LogP contribution in [0.25, 0.3) is 0 Å². The van der Waals surface area contributed by atoms with Crippen LogP contribution >= 0.6 is 11.6 Å². The van der Waals surface area contributed by atoms with Gasteiger partial charge in [-0.05, 0) is 53.6 Å². The van der Waals surface area contributed by atoms with Crippen LogP contribution in [0.15, 0.2) is 78.9 Å². The van der Waals surface area contributed by atoms with Gasteiger partial charge in [-0.2, -0.15) is 0 Å². The van der Waals surface area contributed by atoms with E-state index in [9.17, 15) is 9.59 Å². The first-order valence-corrected chi connectivity index (χ1v) is 14.4. The van der Waals surface area contributed by atoms with Crippen molar-refractivity contribution in [1.82, 2.24) is 10.2 Å². The standard InChI is InChI=1S/C33H39ClN2O3/c1-24(2)29-15-9-10-16-31(29)39-23-32(37)36(22-26-17-19-27(34)20-18-26)30(21-25-11-5-3-6-12-25)33(38)35-28-13-7-4-8-14-28/h3,5-6,9-12,15-20,24,28,30H,4,7-8,13-14,21-23H2,1-2H3,(H,35,38). The molecule has 1 fully saturated rings. The van der Waals surface area contributed by atoms with Gasteiger partial charge in [0.05, 0.1) is 0 Å². The highest BCUT2D eigenvalue weighted by Gasteiger charge is 2.32. The maximum atomic E-state index is 13.9. The minimum absolute atomic E-state index is 0.115. The Bertz CT molecular complexity index is 1210. The summed E-state index contributed by atoms with van der Waals surface area (Å²) in [6.07, 6.45) is 5.81. The number of benzene rings is 3. The summed E-state index contributed by atoms with van der Waals surface area (Å²) in [5.41, 5.74) is 2.95. The molecule has 39 heavy (non-hydrogen) atoms. The van der Waals surface area contributed by atoms with Gasteiger partial charge < -0.3 is 15.0 Å². The first-order chi connectivity index (χ1) is 18.9. The van der Waals surface area contributed by atoms with E-state index in [0.717, 1.165) is 42.4 Å². The van der Waals surface area contributed by atoms with Gasteiger partial charge in [0.2, 0.25) is 5.91 Å². The largest absolute Gasteiger partial charge is 0.483 e. The summed E-state index contributed by atoms with van der Waals surface area (Å²) in [5, 5.41) is 3.90. The molecule has 1 atom stereocenters. The van der Waals surface area contributed by atoms with Crippen LogP contribution in [-0.2, 0) is 22.6 Å². The monoisotopic (exact) mass is 546 g/mol. The van der Waals surface area contributed by atoms with E-state index in [2.05, 4.69) is 19.2 Å². The normalized spacial score (nSPS) is 14.6. The number of hydrogen-bond acceptors (Lipinski definition) is 3. The topological polar surface area (TPSA) is 58.6 Å². The van der Waals surface area contributed by atoms with Crippen LogP contribution in [0.2, 0.25) is 5.02 Å². The molecule has 3 aromatic carbocycles. The molecular weight excluding hydrogens is 508 g/mol. The molecule has 0 aromatic heterocycles. The summed E-state index contributed by atoms with van der Waals surface area (Å²) in [6.45, 7) is 4.32. The van der Waals surface area contributed by atoms with E-state index in [1.165, 1.54) is 6.42 Å². The van der Waals surface area contributed by atoms with Crippen molar-refractivity contribution in [2.24, 2.45) is 0 Å². The van der Waals surface area contributed by atoms with Crippen molar-refractivity contribution in [1.29, 1.82) is 0 Å². The number of amides is 2. The van der Waals surface area contributed by atoms with Gasteiger partial charge in [0.15, 0.2) is 6.61 Å². The Morgan fingerprint density at radius 3 is 2.26 bits per heavy atom. The smallest absolute Gasteiger partial charge is 0.261 e. The predicted octanol–water partition coefficient (Wildman–Crippen LogP) is 6.93. The van der Waals surface area contributed by atoms with E-state index in [-0.39, 0.29) is 36.9 Å². The molecule has 1 unspecified atom stereocenters. The van der Waals surface area contributed by atoms with Crippen LogP contribution in [-0.4, -0.2) is 35.4 Å². The molecule has 0 radical (unpaired) electrons. The molecule has 1 saturated carbocycles. The fourth-order valence-corrected chi connectivity index (χ4v) is 5.32. The minimum Gasteiger partial charge on any atom is -0.483 e. The maximum absolute atomic E-state index is 13.9. The van der Waals surface area contributed by atoms with Gasteiger partial charge in [0.1, 0.15) is 11.8 Å². The molecule has 0 aliphatic heterocycles. The molecule has 0 spiro atoms. The molecule has 5 nitrogen and oxygen atoms in total. The van der Waals surface area contributed by atoms with Crippen molar-refractivity contribution < 1.29 is 14.3 Å². The average Bonchev–Trinajstić information content (AvgIpc) is 2.95. The van der Waals surface area contributed by atoms with Crippen molar-refractivity contribution in [3.8, 4) is 5.75 Å². The van der Waals surface area contributed by atoms with Gasteiger partial charge in [-0.25, -0.2) is 0 Å². The van der Waals surface area contributed by atoms with Crippen molar-refractivity contribution in [3.63, 3.8) is 0 Å². The molecule has 6 heteroatoms. The fraction of sp³-hybridized carbons (Fsp3) is 0.394. The number of para-hydroxylation sites is 1. The van der Waals surface area contributed by atoms with Crippen LogP contribution in [0.1, 0.15) is 68.6 Å². The molecule has 2 amide bonds. The zero-order chi connectivity index (χ0) is 27.6. The van der Waals surface area contributed by atoms with E-state index in [0.29, 0.717) is 17.2 Å². The van der Waals surface area contributed by atoms with Crippen LogP contribution in [0, 0.1) is 0 Å². The Morgan fingerprint density at radius 2 is 1.56 bits per heavy atom. The molecule has 1 aliphatic carbocycles. The van der Waals surface area contributed by atoms with Gasteiger partial charge in [0, 0.05) is 24.0 Å². The number of carbonyl (C=O) groups is 2. The number of nitrogens with one attached hydrogen (secondary N) is 1. The van der Waals surface area contributed by atoms with Gasteiger partial charge in [-0.3, -0.25) is 9.59 Å². The van der Waals surface area contributed by atoms with E-state index in [1.807, 2.05) is 78.9 Å². The SMILES string of the molecule is CC(C)c1ccccc1OCC(=O)N(Cc1ccc(Cl)cc1)C(Cc1ccccc1)C(=O)NC1CCCCC1. The molecule has 206 valence electrons. The lowest BCUT2D eigenvalue weighted by molar-refractivity contribution is -0.143. The molecule has 0 saturated heterocycles. The number of carbonyl (C=O) groups excluding carboxylic acids is 2. The number of ether oxygens (including phenoxy) is 1. The molecule has 0 heterocycles. The highest BCUT2D eigenvalue weighted by atomic mass is 35.5. The lowest BCUT2D eigenvalue weighted by atomic mass is 9.94. The van der Waals surface area contributed by atoms with Crippen molar-refractivity contribution >= 4 is 23.4 Å².